The maximum Gasteiger partial charge on any atom is 0.227 e. The Balaban J connectivity index is 1.43. The summed E-state index contributed by atoms with van der Waals surface area (Å²) in [5.41, 5.74) is 2.98. The van der Waals surface area contributed by atoms with Crippen molar-refractivity contribution in [3.05, 3.63) is 48.3 Å². The van der Waals surface area contributed by atoms with Gasteiger partial charge in [0.15, 0.2) is 0 Å². The first-order chi connectivity index (χ1) is 14.2. The average Bonchev–Trinajstić information content (AvgIpc) is 3.33. The Morgan fingerprint density at radius 1 is 1.21 bits per heavy atom. The Labute approximate surface area is 166 Å². The number of aliphatic hydroxyl groups is 2. The minimum Gasteiger partial charge on any atom is -0.488 e. The summed E-state index contributed by atoms with van der Waals surface area (Å²) in [6, 6.07) is 11.5. The predicted octanol–water partition coefficient (Wildman–Crippen LogP) is 3.03. The van der Waals surface area contributed by atoms with E-state index in [0.29, 0.717) is 23.8 Å². The van der Waals surface area contributed by atoms with Crippen LogP contribution in [0.25, 0.3) is 21.8 Å². The number of anilines is 2. The molecule has 29 heavy (non-hydrogen) atoms. The molecular weight excluding hydrogens is 370 g/mol. The molecule has 1 saturated carbocycles. The van der Waals surface area contributed by atoms with Crippen LogP contribution < -0.4 is 10.1 Å². The van der Waals surface area contributed by atoms with E-state index in [1.807, 2.05) is 36.4 Å². The molecule has 1 aliphatic rings. The molecular formula is C21H21N5O3. The number of rotatable bonds is 5. The fourth-order valence-electron chi connectivity index (χ4n) is 3.79. The summed E-state index contributed by atoms with van der Waals surface area (Å²) in [6.07, 6.45) is 3.74. The highest BCUT2D eigenvalue weighted by molar-refractivity contribution is 5.87. The van der Waals surface area contributed by atoms with Gasteiger partial charge in [-0.05, 0) is 37.1 Å². The monoisotopic (exact) mass is 391 g/mol. The van der Waals surface area contributed by atoms with Crippen LogP contribution in [-0.4, -0.2) is 42.6 Å². The molecule has 0 bridgehead atoms. The minimum absolute atomic E-state index is 0.00507. The molecule has 0 amide bonds. The molecule has 4 N–H and O–H groups in total. The summed E-state index contributed by atoms with van der Waals surface area (Å²) in [5.74, 6) is 1.16. The molecule has 2 aromatic heterocycles. The summed E-state index contributed by atoms with van der Waals surface area (Å²) < 4.78 is 6.12. The lowest BCUT2D eigenvalue weighted by molar-refractivity contribution is 0.150. The number of aliphatic hydroxyl groups excluding tert-OH is 2. The van der Waals surface area contributed by atoms with Gasteiger partial charge < -0.3 is 20.3 Å². The number of para-hydroxylation sites is 1. The topological polar surface area (TPSA) is 116 Å². The van der Waals surface area contributed by atoms with Crippen molar-refractivity contribution in [1.82, 2.24) is 20.2 Å². The fraction of sp³-hybridized carbons (Fsp3) is 0.286. The molecule has 8 nitrogen and oxygen atoms in total. The van der Waals surface area contributed by atoms with Gasteiger partial charge in [-0.3, -0.25) is 5.10 Å². The average molecular weight is 391 g/mol. The lowest BCUT2D eigenvalue weighted by atomic mass is 10.2. The number of benzene rings is 2. The zero-order valence-electron chi connectivity index (χ0n) is 15.7. The molecule has 5 rings (SSSR count). The molecule has 0 spiro atoms. The third kappa shape index (κ3) is 3.48. The van der Waals surface area contributed by atoms with E-state index in [9.17, 15) is 10.2 Å². The SMILES string of the molecule is OCc1n[nH]c2cc(Nc3ncc4cccc(O[C@@H]5CC[C@H](O)C5)c4n3)ccc12. The van der Waals surface area contributed by atoms with Crippen LogP contribution in [0.5, 0.6) is 5.75 Å². The molecule has 4 aromatic rings. The Morgan fingerprint density at radius 2 is 2.14 bits per heavy atom. The second-order valence-corrected chi connectivity index (χ2v) is 7.31. The predicted molar refractivity (Wildman–Crippen MR) is 109 cm³/mol. The molecule has 2 aromatic carbocycles. The van der Waals surface area contributed by atoms with Gasteiger partial charge in [-0.2, -0.15) is 5.10 Å². The first-order valence-corrected chi connectivity index (χ1v) is 9.65. The van der Waals surface area contributed by atoms with Crippen molar-refractivity contribution in [2.24, 2.45) is 0 Å². The van der Waals surface area contributed by atoms with Gasteiger partial charge in [0.2, 0.25) is 5.95 Å². The number of ether oxygens (including phenoxy) is 1. The maximum atomic E-state index is 9.76. The van der Waals surface area contributed by atoms with Crippen molar-refractivity contribution < 1.29 is 14.9 Å². The van der Waals surface area contributed by atoms with Crippen molar-refractivity contribution in [2.45, 2.75) is 38.1 Å². The second-order valence-electron chi connectivity index (χ2n) is 7.31. The number of H-pyrrole nitrogens is 1. The maximum absolute atomic E-state index is 9.76. The standard InChI is InChI=1S/C21H21N5O3/c27-11-18-16-7-4-13(8-17(16)25-26-18)23-21-22-10-12-2-1-3-19(20(12)24-21)29-15-6-5-14(28)9-15/h1-4,7-8,10,14-15,27-28H,5-6,9,11H2,(H,25,26)(H,22,23,24)/t14-,15+/m0/s1. The third-order valence-electron chi connectivity index (χ3n) is 5.27. The largest absolute Gasteiger partial charge is 0.488 e. The molecule has 1 fully saturated rings. The summed E-state index contributed by atoms with van der Waals surface area (Å²) in [6.45, 7) is -0.110. The van der Waals surface area contributed by atoms with Crippen molar-refractivity contribution in [3.8, 4) is 5.75 Å². The van der Waals surface area contributed by atoms with Gasteiger partial charge in [0.25, 0.3) is 0 Å². The molecule has 1 aliphatic carbocycles. The highest BCUT2D eigenvalue weighted by atomic mass is 16.5. The Morgan fingerprint density at radius 3 is 2.97 bits per heavy atom. The first-order valence-electron chi connectivity index (χ1n) is 9.65. The summed E-state index contributed by atoms with van der Waals surface area (Å²) >= 11 is 0. The van der Waals surface area contributed by atoms with Gasteiger partial charge in [0, 0.05) is 29.1 Å². The number of aromatic amines is 1. The van der Waals surface area contributed by atoms with Crippen molar-refractivity contribution >= 4 is 33.4 Å². The number of nitrogens with one attached hydrogen (secondary N) is 2. The number of nitrogens with zero attached hydrogens (tertiary/aromatic N) is 3. The van der Waals surface area contributed by atoms with Crippen molar-refractivity contribution in [2.75, 3.05) is 5.32 Å². The summed E-state index contributed by atoms with van der Waals surface area (Å²) in [7, 11) is 0. The van der Waals surface area contributed by atoms with Crippen molar-refractivity contribution in [1.29, 1.82) is 0 Å². The number of fused-ring (bicyclic) bond motifs is 2. The van der Waals surface area contributed by atoms with E-state index in [2.05, 4.69) is 25.5 Å². The Kier molecular flexibility index (Phi) is 4.49. The van der Waals surface area contributed by atoms with Crippen LogP contribution in [0.2, 0.25) is 0 Å². The molecule has 148 valence electrons. The van der Waals surface area contributed by atoms with E-state index in [1.165, 1.54) is 0 Å². The van der Waals surface area contributed by atoms with Crippen LogP contribution in [0.15, 0.2) is 42.6 Å². The van der Waals surface area contributed by atoms with Crippen LogP contribution in [0.3, 0.4) is 0 Å². The lowest BCUT2D eigenvalue weighted by Crippen LogP contribution is -2.13. The molecule has 8 heteroatoms. The van der Waals surface area contributed by atoms with E-state index in [0.717, 1.165) is 40.3 Å². The van der Waals surface area contributed by atoms with Crippen LogP contribution in [0.1, 0.15) is 25.0 Å². The minimum atomic E-state index is -0.287. The molecule has 0 unspecified atom stereocenters. The molecule has 2 heterocycles. The second kappa shape index (κ2) is 7.31. The van der Waals surface area contributed by atoms with E-state index in [-0.39, 0.29) is 18.8 Å². The van der Waals surface area contributed by atoms with E-state index in [4.69, 9.17) is 4.74 Å². The summed E-state index contributed by atoms with van der Waals surface area (Å²) in [5, 5.41) is 31.1. The Bertz CT molecular complexity index is 1180. The molecule has 0 radical (unpaired) electrons. The zero-order chi connectivity index (χ0) is 19.8. The van der Waals surface area contributed by atoms with E-state index in [1.54, 1.807) is 6.20 Å². The van der Waals surface area contributed by atoms with Crippen LogP contribution in [0.4, 0.5) is 11.6 Å². The van der Waals surface area contributed by atoms with Gasteiger partial charge in [-0.15, -0.1) is 0 Å². The van der Waals surface area contributed by atoms with Crippen LogP contribution >= 0.6 is 0 Å². The van der Waals surface area contributed by atoms with Gasteiger partial charge in [-0.1, -0.05) is 12.1 Å². The zero-order valence-corrected chi connectivity index (χ0v) is 15.7. The van der Waals surface area contributed by atoms with E-state index >= 15 is 0 Å². The highest BCUT2D eigenvalue weighted by Gasteiger charge is 2.25. The van der Waals surface area contributed by atoms with Gasteiger partial charge in [0.1, 0.15) is 17.4 Å². The smallest absolute Gasteiger partial charge is 0.227 e. The third-order valence-corrected chi connectivity index (χ3v) is 5.27. The fourth-order valence-corrected chi connectivity index (χ4v) is 3.79. The number of hydrogen-bond acceptors (Lipinski definition) is 7. The quantitative estimate of drug-likeness (QED) is 0.413. The van der Waals surface area contributed by atoms with Crippen LogP contribution in [-0.2, 0) is 6.61 Å². The Hall–Kier alpha value is -3.23. The van der Waals surface area contributed by atoms with Crippen LogP contribution in [0, 0.1) is 0 Å². The normalized spacial score (nSPS) is 19.1. The lowest BCUT2D eigenvalue weighted by Gasteiger charge is -2.15. The highest BCUT2D eigenvalue weighted by Crippen LogP contribution is 2.30. The van der Waals surface area contributed by atoms with Gasteiger partial charge >= 0.3 is 0 Å². The first kappa shape index (κ1) is 17.8. The van der Waals surface area contributed by atoms with Gasteiger partial charge in [0.05, 0.1) is 23.9 Å². The number of hydrogen-bond donors (Lipinski definition) is 4. The molecule has 2 atom stereocenters. The van der Waals surface area contributed by atoms with Crippen molar-refractivity contribution in [3.63, 3.8) is 0 Å². The number of aromatic nitrogens is 4. The molecule has 0 aliphatic heterocycles. The molecule has 0 saturated heterocycles. The van der Waals surface area contributed by atoms with E-state index < -0.39 is 0 Å². The summed E-state index contributed by atoms with van der Waals surface area (Å²) in [4.78, 5) is 9.06. The van der Waals surface area contributed by atoms with Gasteiger partial charge in [-0.25, -0.2) is 9.97 Å².